The van der Waals surface area contributed by atoms with E-state index >= 15 is 0 Å². The molecule has 4 heterocycles. The van der Waals surface area contributed by atoms with Crippen molar-refractivity contribution < 1.29 is 14.2 Å². The first kappa shape index (κ1) is 29.5. The molecule has 2 aromatic carbocycles. The van der Waals surface area contributed by atoms with Crippen molar-refractivity contribution >= 4 is 17.0 Å². The van der Waals surface area contributed by atoms with E-state index in [-0.39, 0.29) is 0 Å². The minimum atomic E-state index is 0.491. The van der Waals surface area contributed by atoms with Crippen LogP contribution in [0.25, 0.3) is 16.9 Å². The summed E-state index contributed by atoms with van der Waals surface area (Å²) >= 11 is 0. The number of anilines is 1. The van der Waals surface area contributed by atoms with Crippen LogP contribution in [0.2, 0.25) is 0 Å². The normalized spacial score (nSPS) is 11.0. The monoisotopic (exact) mass is 602 g/mol. The summed E-state index contributed by atoms with van der Waals surface area (Å²) in [5.41, 5.74) is 5.70. The molecule has 4 aromatic heterocycles. The second-order valence-electron chi connectivity index (χ2n) is 10.4. The maximum Gasteiger partial charge on any atom is 0.243 e. The Morgan fingerprint density at radius 1 is 0.711 bits per heavy atom. The molecule has 45 heavy (non-hydrogen) atoms. The fourth-order valence-electron chi connectivity index (χ4n) is 5.06. The number of methoxy groups -OCH3 is 3. The van der Waals surface area contributed by atoms with Gasteiger partial charge >= 0.3 is 0 Å². The molecular weight excluding hydrogens is 568 g/mol. The van der Waals surface area contributed by atoms with Crippen LogP contribution in [-0.4, -0.2) is 56.0 Å². The Morgan fingerprint density at radius 3 is 2.31 bits per heavy atom. The summed E-state index contributed by atoms with van der Waals surface area (Å²) in [5.74, 6) is 4.63. The van der Waals surface area contributed by atoms with Crippen molar-refractivity contribution in [2.24, 2.45) is 0 Å². The Hall–Kier alpha value is -5.58. The van der Waals surface area contributed by atoms with Crippen LogP contribution >= 0.6 is 0 Å². The minimum Gasteiger partial charge on any atom is -0.497 e. The molecule has 0 atom stereocenters. The van der Waals surface area contributed by atoms with Gasteiger partial charge in [0.05, 0.1) is 32.4 Å². The lowest BCUT2D eigenvalue weighted by Crippen LogP contribution is -2.10. The number of nitrogens with one attached hydrogen (secondary N) is 1. The molecule has 0 spiro atoms. The highest BCUT2D eigenvalue weighted by atomic mass is 16.5. The molecule has 6 rings (SSSR count). The van der Waals surface area contributed by atoms with Gasteiger partial charge in [-0.05, 0) is 79.4 Å². The Labute approximate surface area is 261 Å². The zero-order chi connectivity index (χ0) is 31.2. The molecule has 0 aliphatic carbocycles. The van der Waals surface area contributed by atoms with Gasteiger partial charge in [-0.15, -0.1) is 5.10 Å². The predicted octanol–water partition coefficient (Wildman–Crippen LogP) is 5.32. The van der Waals surface area contributed by atoms with Gasteiger partial charge in [-0.1, -0.05) is 18.2 Å². The third-order valence-corrected chi connectivity index (χ3v) is 7.34. The molecule has 0 aliphatic rings. The van der Waals surface area contributed by atoms with Crippen molar-refractivity contribution in [2.75, 3.05) is 26.6 Å². The van der Waals surface area contributed by atoms with Gasteiger partial charge in [-0.25, -0.2) is 9.97 Å². The summed E-state index contributed by atoms with van der Waals surface area (Å²) in [6.07, 6.45) is 3.69. The van der Waals surface area contributed by atoms with Crippen LogP contribution in [0.3, 0.4) is 0 Å². The maximum absolute atomic E-state index is 5.54. The summed E-state index contributed by atoms with van der Waals surface area (Å²) in [6, 6.07) is 23.6. The molecule has 0 bridgehead atoms. The largest absolute Gasteiger partial charge is 0.497 e. The second kappa shape index (κ2) is 13.4. The topological polar surface area (TPSA) is 122 Å². The molecule has 0 amide bonds. The second-order valence-corrected chi connectivity index (χ2v) is 10.4. The molecule has 228 valence electrons. The molecule has 1 N–H and O–H groups in total. The number of rotatable bonds is 12. The molecule has 11 heteroatoms. The molecule has 0 saturated heterocycles. The highest BCUT2D eigenvalue weighted by Crippen LogP contribution is 2.29. The maximum atomic E-state index is 5.54. The predicted molar refractivity (Wildman–Crippen MR) is 171 cm³/mol. The van der Waals surface area contributed by atoms with E-state index in [1.54, 1.807) is 32.2 Å². The molecule has 0 saturated carbocycles. The Morgan fingerprint density at radius 2 is 1.51 bits per heavy atom. The summed E-state index contributed by atoms with van der Waals surface area (Å²) in [5, 5.41) is 8.20. The van der Waals surface area contributed by atoms with Gasteiger partial charge in [-0.3, -0.25) is 9.97 Å². The standard InChI is InChI=1S/C34H34N8O3/c1-22-37-26(11-10-25-12-15-28-29(39-25)6-5-17-35-28)20-33(38-22)42-32(19-24-9-16-30(44-3)31(18-24)45-4)40-34(41-42)36-21-23-7-13-27(43-2)14-8-23/h5-9,12-18,20H,10-11,19,21H2,1-4H3,(H,36,41). The van der Waals surface area contributed by atoms with Crippen LogP contribution in [0.5, 0.6) is 17.2 Å². The molecule has 0 aliphatic heterocycles. The van der Waals surface area contributed by atoms with Crippen molar-refractivity contribution in [3.05, 3.63) is 113 Å². The highest BCUT2D eigenvalue weighted by Gasteiger charge is 2.17. The Bertz CT molecular complexity index is 1920. The number of fused-ring (bicyclic) bond motifs is 1. The fourth-order valence-corrected chi connectivity index (χ4v) is 5.06. The number of nitrogens with zero attached hydrogens (tertiary/aromatic N) is 7. The average Bonchev–Trinajstić information content (AvgIpc) is 3.48. The van der Waals surface area contributed by atoms with Crippen molar-refractivity contribution in [3.63, 3.8) is 0 Å². The number of ether oxygens (including phenoxy) is 3. The summed E-state index contributed by atoms with van der Waals surface area (Å²) < 4.78 is 18.0. The molecule has 0 fully saturated rings. The third kappa shape index (κ3) is 6.98. The lowest BCUT2D eigenvalue weighted by atomic mass is 10.1. The van der Waals surface area contributed by atoms with Gasteiger partial charge < -0.3 is 19.5 Å². The Kier molecular flexibility index (Phi) is 8.77. The third-order valence-electron chi connectivity index (χ3n) is 7.34. The number of hydrogen-bond acceptors (Lipinski definition) is 10. The van der Waals surface area contributed by atoms with Gasteiger partial charge in [0.2, 0.25) is 5.95 Å². The average molecular weight is 603 g/mol. The Balaban J connectivity index is 1.28. The van der Waals surface area contributed by atoms with Gasteiger partial charge in [0.25, 0.3) is 0 Å². The van der Waals surface area contributed by atoms with Crippen LogP contribution in [-0.2, 0) is 25.8 Å². The van der Waals surface area contributed by atoms with Gasteiger partial charge in [-0.2, -0.15) is 9.67 Å². The number of benzene rings is 2. The quantitative estimate of drug-likeness (QED) is 0.197. The number of pyridine rings is 2. The van der Waals surface area contributed by atoms with E-state index in [2.05, 4.69) is 10.3 Å². The van der Waals surface area contributed by atoms with Gasteiger partial charge in [0, 0.05) is 36.6 Å². The molecule has 6 aromatic rings. The van der Waals surface area contributed by atoms with Crippen molar-refractivity contribution in [3.8, 4) is 23.1 Å². The first-order valence-electron chi connectivity index (χ1n) is 14.6. The van der Waals surface area contributed by atoms with Crippen LogP contribution in [0.1, 0.15) is 34.2 Å². The summed E-state index contributed by atoms with van der Waals surface area (Å²) in [6.45, 7) is 2.44. The highest BCUT2D eigenvalue weighted by molar-refractivity contribution is 5.73. The molecule has 0 radical (unpaired) electrons. The number of hydrogen-bond donors (Lipinski definition) is 1. The van der Waals surface area contributed by atoms with E-state index in [4.69, 9.17) is 39.2 Å². The number of aromatic nitrogens is 7. The van der Waals surface area contributed by atoms with Gasteiger partial charge in [0.1, 0.15) is 17.4 Å². The minimum absolute atomic E-state index is 0.491. The van der Waals surface area contributed by atoms with E-state index in [9.17, 15) is 0 Å². The lowest BCUT2D eigenvalue weighted by molar-refractivity contribution is 0.354. The molecule has 11 nitrogen and oxygen atoms in total. The van der Waals surface area contributed by atoms with E-state index in [0.717, 1.165) is 45.7 Å². The fraction of sp³-hybridized carbons (Fsp3) is 0.235. The van der Waals surface area contributed by atoms with E-state index in [1.165, 1.54) is 0 Å². The van der Waals surface area contributed by atoms with Crippen molar-refractivity contribution in [2.45, 2.75) is 32.7 Å². The van der Waals surface area contributed by atoms with E-state index in [1.807, 2.05) is 79.7 Å². The van der Waals surface area contributed by atoms with Gasteiger partial charge in [0.15, 0.2) is 17.3 Å². The summed E-state index contributed by atoms with van der Waals surface area (Å²) in [7, 11) is 4.90. The SMILES string of the molecule is COc1ccc(CNc2nc(Cc3ccc(OC)c(OC)c3)n(-c3cc(CCc4ccc5ncccc5n4)nc(C)n3)n2)cc1. The lowest BCUT2D eigenvalue weighted by Gasteiger charge is -2.11. The van der Waals surface area contributed by atoms with Crippen LogP contribution in [0.15, 0.2) is 79.0 Å². The van der Waals surface area contributed by atoms with Crippen molar-refractivity contribution in [1.82, 2.24) is 34.7 Å². The van der Waals surface area contributed by atoms with E-state index in [0.29, 0.717) is 54.3 Å². The smallest absolute Gasteiger partial charge is 0.243 e. The zero-order valence-electron chi connectivity index (χ0n) is 25.7. The van der Waals surface area contributed by atoms with Crippen LogP contribution in [0.4, 0.5) is 5.95 Å². The first-order chi connectivity index (χ1) is 22.0. The zero-order valence-corrected chi connectivity index (χ0v) is 25.7. The van der Waals surface area contributed by atoms with E-state index < -0.39 is 0 Å². The first-order valence-corrected chi connectivity index (χ1v) is 14.6. The summed E-state index contributed by atoms with van der Waals surface area (Å²) in [4.78, 5) is 23.5. The molecule has 0 unspecified atom stereocenters. The van der Waals surface area contributed by atoms with Crippen LogP contribution < -0.4 is 19.5 Å². The number of aryl methyl sites for hydroxylation is 3. The molecular formula is C34H34N8O3. The van der Waals surface area contributed by atoms with Crippen LogP contribution in [0, 0.1) is 6.92 Å². The van der Waals surface area contributed by atoms with Crippen molar-refractivity contribution in [1.29, 1.82) is 0 Å².